The number of aliphatic hydroxyl groups is 1. The van der Waals surface area contributed by atoms with Crippen LogP contribution in [-0.2, 0) is 4.79 Å². The molecule has 0 radical (unpaired) electrons. The number of hydroxylamine groups is 1. The van der Waals surface area contributed by atoms with E-state index in [1.165, 1.54) is 35.8 Å². The summed E-state index contributed by atoms with van der Waals surface area (Å²) >= 11 is 0. The Hall–Kier alpha value is -3.16. The van der Waals surface area contributed by atoms with Gasteiger partial charge in [0.1, 0.15) is 5.75 Å². The summed E-state index contributed by atoms with van der Waals surface area (Å²) in [5, 5.41) is 20.4. The van der Waals surface area contributed by atoms with Crippen LogP contribution in [0.2, 0.25) is 0 Å². The lowest BCUT2D eigenvalue weighted by molar-refractivity contribution is -0.119. The van der Waals surface area contributed by atoms with E-state index in [4.69, 9.17) is 15.1 Å². The predicted molar refractivity (Wildman–Crippen MR) is 95.4 cm³/mol. The Balaban J connectivity index is 1.96. The zero-order valence-corrected chi connectivity index (χ0v) is 14.0. The van der Waals surface area contributed by atoms with E-state index in [0.29, 0.717) is 5.75 Å². The molecule has 0 aliphatic rings. The Morgan fingerprint density at radius 2 is 1.77 bits per heavy atom. The number of hydrogen-bond donors (Lipinski definition) is 4. The molecule has 7 nitrogen and oxygen atoms in total. The van der Waals surface area contributed by atoms with Crippen LogP contribution in [-0.4, -0.2) is 35.0 Å². The van der Waals surface area contributed by atoms with Gasteiger partial charge in [-0.2, -0.15) is 0 Å². The lowest BCUT2D eigenvalue weighted by Crippen LogP contribution is -2.38. The van der Waals surface area contributed by atoms with Crippen LogP contribution in [0.4, 0.5) is 0 Å². The Morgan fingerprint density at radius 3 is 2.38 bits per heavy atom. The second kappa shape index (κ2) is 9.97. The summed E-state index contributed by atoms with van der Waals surface area (Å²) in [6.07, 6.45) is 2.53. The number of carbonyl (C=O) groups excluding carboxylic acids is 2. The Bertz CT molecular complexity index is 744. The van der Waals surface area contributed by atoms with Crippen LogP contribution in [0.15, 0.2) is 60.7 Å². The quantitative estimate of drug-likeness (QED) is 0.249. The maximum Gasteiger partial charge on any atom is 0.274 e. The van der Waals surface area contributed by atoms with E-state index in [1.54, 1.807) is 6.08 Å². The number of ether oxygens (including phenoxy) is 1. The van der Waals surface area contributed by atoms with Crippen molar-refractivity contribution in [1.29, 1.82) is 0 Å². The van der Waals surface area contributed by atoms with Crippen molar-refractivity contribution in [3.63, 3.8) is 0 Å². The number of rotatable bonds is 8. The normalized spacial score (nSPS) is 11.8. The molecule has 0 aliphatic heterocycles. The van der Waals surface area contributed by atoms with Crippen molar-refractivity contribution < 1.29 is 24.6 Å². The molecule has 1 unspecified atom stereocenters. The number of benzene rings is 2. The highest BCUT2D eigenvalue weighted by atomic mass is 16.5. The van der Waals surface area contributed by atoms with E-state index in [1.807, 2.05) is 30.3 Å². The fourth-order valence-electron chi connectivity index (χ4n) is 2.13. The molecular weight excluding hydrogens is 336 g/mol. The third-order valence-corrected chi connectivity index (χ3v) is 3.42. The number of amides is 2. The van der Waals surface area contributed by atoms with E-state index in [9.17, 15) is 9.59 Å². The fourth-order valence-corrected chi connectivity index (χ4v) is 2.13. The average Bonchev–Trinajstić information content (AvgIpc) is 2.67. The first kappa shape index (κ1) is 19.2. The van der Waals surface area contributed by atoms with Gasteiger partial charge in [0, 0.05) is 24.7 Å². The third-order valence-electron chi connectivity index (χ3n) is 3.42. The number of hydrogen-bond acceptors (Lipinski definition) is 5. The first-order valence-corrected chi connectivity index (χ1v) is 7.98. The minimum atomic E-state index is -0.731. The van der Waals surface area contributed by atoms with Crippen molar-refractivity contribution in [2.75, 3.05) is 6.61 Å². The van der Waals surface area contributed by atoms with Crippen LogP contribution < -0.4 is 15.5 Å². The molecule has 0 fully saturated rings. The molecule has 2 rings (SSSR count). The highest BCUT2D eigenvalue weighted by Gasteiger charge is 2.12. The van der Waals surface area contributed by atoms with Crippen LogP contribution in [0.3, 0.4) is 0 Å². The molecule has 0 bridgehead atoms. The summed E-state index contributed by atoms with van der Waals surface area (Å²) in [4.78, 5) is 23.3. The smallest absolute Gasteiger partial charge is 0.274 e. The van der Waals surface area contributed by atoms with Crippen LogP contribution in [0, 0.1) is 0 Å². The molecular formula is C19H20N2O5. The van der Waals surface area contributed by atoms with Gasteiger partial charge in [-0.15, -0.1) is 0 Å². The molecule has 0 spiro atoms. The Kier molecular flexibility index (Phi) is 7.35. The van der Waals surface area contributed by atoms with Gasteiger partial charge in [0.2, 0.25) is 5.91 Å². The van der Waals surface area contributed by atoms with Gasteiger partial charge in [-0.3, -0.25) is 14.8 Å². The first-order valence-electron chi connectivity index (χ1n) is 7.98. The largest absolute Gasteiger partial charge is 0.471 e. The minimum absolute atomic E-state index is 0.168. The molecule has 0 aliphatic carbocycles. The monoisotopic (exact) mass is 356 g/mol. The second-order valence-electron chi connectivity index (χ2n) is 5.34. The lowest BCUT2D eigenvalue weighted by Gasteiger charge is -2.19. The van der Waals surface area contributed by atoms with Crippen molar-refractivity contribution >= 4 is 17.9 Å². The maximum absolute atomic E-state index is 12.0. The molecule has 26 heavy (non-hydrogen) atoms. The third kappa shape index (κ3) is 6.04. The number of nitrogens with one attached hydrogen (secondary N) is 2. The number of aliphatic hydroxyl groups excluding tert-OH is 1. The van der Waals surface area contributed by atoms with Crippen LogP contribution in [0.25, 0.3) is 6.08 Å². The lowest BCUT2D eigenvalue weighted by atomic mass is 10.2. The van der Waals surface area contributed by atoms with Crippen molar-refractivity contribution in [3.05, 3.63) is 71.8 Å². The fraction of sp³-hybridized carbons (Fsp3) is 0.158. The molecule has 0 aromatic heterocycles. The van der Waals surface area contributed by atoms with Gasteiger partial charge in [0.25, 0.3) is 5.91 Å². The molecule has 0 heterocycles. The van der Waals surface area contributed by atoms with Crippen LogP contribution >= 0.6 is 0 Å². The van der Waals surface area contributed by atoms with E-state index < -0.39 is 12.1 Å². The standard InChI is InChI=1S/C19H20N2O5/c22-13-12-18(20-17(23)11-6-14-4-2-1-3-5-14)26-16-9-7-15(8-10-16)19(24)21-25/h1-11,18,22,25H,12-13H2,(H,20,23)(H,21,24)/b11-6+. The first-order chi connectivity index (χ1) is 12.6. The van der Waals surface area contributed by atoms with Gasteiger partial charge in [0.15, 0.2) is 6.23 Å². The SMILES string of the molecule is O=C(/C=C/c1ccccc1)NC(CCO)Oc1ccc(C(=O)NO)cc1. The second-order valence-corrected chi connectivity index (χ2v) is 5.34. The summed E-state index contributed by atoms with van der Waals surface area (Å²) in [7, 11) is 0. The highest BCUT2D eigenvalue weighted by molar-refractivity contribution is 5.93. The topological polar surface area (TPSA) is 108 Å². The van der Waals surface area contributed by atoms with Crippen molar-refractivity contribution in [3.8, 4) is 5.75 Å². The van der Waals surface area contributed by atoms with E-state index in [0.717, 1.165) is 5.56 Å². The maximum atomic E-state index is 12.0. The van der Waals surface area contributed by atoms with Crippen LogP contribution in [0.5, 0.6) is 5.75 Å². The average molecular weight is 356 g/mol. The highest BCUT2D eigenvalue weighted by Crippen LogP contribution is 2.14. The summed E-state index contributed by atoms with van der Waals surface area (Å²) in [6, 6.07) is 15.4. The molecule has 7 heteroatoms. The van der Waals surface area contributed by atoms with Gasteiger partial charge >= 0.3 is 0 Å². The molecule has 0 saturated carbocycles. The molecule has 136 valence electrons. The van der Waals surface area contributed by atoms with Gasteiger partial charge in [-0.05, 0) is 35.9 Å². The van der Waals surface area contributed by atoms with Gasteiger partial charge in [-0.1, -0.05) is 30.3 Å². The Morgan fingerprint density at radius 1 is 1.08 bits per heavy atom. The van der Waals surface area contributed by atoms with Crippen molar-refractivity contribution in [2.24, 2.45) is 0 Å². The summed E-state index contributed by atoms with van der Waals surface area (Å²) in [5.74, 6) is -0.586. The Labute approximate surface area is 150 Å². The van der Waals surface area contributed by atoms with E-state index in [2.05, 4.69) is 5.32 Å². The van der Waals surface area contributed by atoms with Gasteiger partial charge in [-0.25, -0.2) is 5.48 Å². The van der Waals surface area contributed by atoms with Crippen molar-refractivity contribution in [1.82, 2.24) is 10.8 Å². The molecule has 2 aromatic carbocycles. The molecule has 1 atom stereocenters. The predicted octanol–water partition coefficient (Wildman–Crippen LogP) is 1.72. The molecule has 2 aromatic rings. The summed E-state index contributed by atoms with van der Waals surface area (Å²) in [5.41, 5.74) is 2.68. The van der Waals surface area contributed by atoms with Crippen LogP contribution in [0.1, 0.15) is 22.3 Å². The zero-order chi connectivity index (χ0) is 18.8. The van der Waals surface area contributed by atoms with Gasteiger partial charge < -0.3 is 15.2 Å². The summed E-state index contributed by atoms with van der Waals surface area (Å²) < 4.78 is 5.63. The van der Waals surface area contributed by atoms with E-state index in [-0.39, 0.29) is 24.5 Å². The van der Waals surface area contributed by atoms with E-state index >= 15 is 0 Å². The number of carbonyl (C=O) groups is 2. The minimum Gasteiger partial charge on any atom is -0.471 e. The molecule has 4 N–H and O–H groups in total. The van der Waals surface area contributed by atoms with Gasteiger partial charge in [0.05, 0.1) is 0 Å². The molecule has 2 amide bonds. The summed E-state index contributed by atoms with van der Waals surface area (Å²) in [6.45, 7) is -0.168. The van der Waals surface area contributed by atoms with Crippen molar-refractivity contribution in [2.45, 2.75) is 12.6 Å². The molecule has 0 saturated heterocycles. The zero-order valence-electron chi connectivity index (χ0n) is 14.0.